The van der Waals surface area contributed by atoms with Crippen LogP contribution < -0.4 is 19.1 Å². The van der Waals surface area contributed by atoms with Crippen LogP contribution in [0.2, 0.25) is 0 Å². The second-order valence-corrected chi connectivity index (χ2v) is 9.96. The standard InChI is InChI=1S/C27H27N3O6S/c1-5-34-20-10-7-16(13-21(20)35-6-2)23-22(25(32)26(33)30(23)27-29-28-15(4)37-27)24(31)17-8-9-19-18(12-17)11-14(3)36-19/h7-10,12-14,23,31H,5-6,11H2,1-4H3/b24-22-. The minimum atomic E-state index is -0.939. The molecule has 1 fully saturated rings. The molecule has 0 saturated carbocycles. The third-order valence-corrected chi connectivity index (χ3v) is 7.06. The van der Waals surface area contributed by atoms with E-state index in [0.717, 1.165) is 11.3 Å². The summed E-state index contributed by atoms with van der Waals surface area (Å²) in [6.45, 7) is 8.31. The average Bonchev–Trinajstić information content (AvgIpc) is 3.54. The summed E-state index contributed by atoms with van der Waals surface area (Å²) in [4.78, 5) is 28.1. The van der Waals surface area contributed by atoms with Gasteiger partial charge in [-0.2, -0.15) is 0 Å². The van der Waals surface area contributed by atoms with Crippen LogP contribution in [0.15, 0.2) is 42.0 Å². The number of hydrogen-bond acceptors (Lipinski definition) is 9. The number of aliphatic hydroxyl groups is 1. The Morgan fingerprint density at radius 2 is 1.86 bits per heavy atom. The Balaban J connectivity index is 1.69. The Hall–Kier alpha value is -3.92. The third-order valence-electron chi connectivity index (χ3n) is 6.22. The molecule has 5 rings (SSSR count). The quantitative estimate of drug-likeness (QED) is 0.273. The van der Waals surface area contributed by atoms with Crippen LogP contribution in [0.25, 0.3) is 5.76 Å². The molecule has 2 aromatic carbocycles. The van der Waals surface area contributed by atoms with Crippen LogP contribution in [-0.4, -0.2) is 46.3 Å². The van der Waals surface area contributed by atoms with E-state index >= 15 is 0 Å². The molecule has 1 N–H and O–H groups in total. The third kappa shape index (κ3) is 4.42. The molecule has 9 nitrogen and oxygen atoms in total. The number of aromatic nitrogens is 2. The van der Waals surface area contributed by atoms with E-state index in [0.29, 0.717) is 47.3 Å². The number of rotatable bonds is 7. The second kappa shape index (κ2) is 9.85. The highest BCUT2D eigenvalue weighted by molar-refractivity contribution is 7.15. The lowest BCUT2D eigenvalue weighted by molar-refractivity contribution is -0.132. The summed E-state index contributed by atoms with van der Waals surface area (Å²) in [5.74, 6) is -0.0754. The molecule has 3 aromatic rings. The molecule has 0 radical (unpaired) electrons. The van der Waals surface area contributed by atoms with Gasteiger partial charge in [-0.1, -0.05) is 17.4 Å². The van der Waals surface area contributed by atoms with Gasteiger partial charge >= 0.3 is 5.91 Å². The number of ether oxygens (including phenoxy) is 3. The predicted octanol–water partition coefficient (Wildman–Crippen LogP) is 4.59. The lowest BCUT2D eigenvalue weighted by Crippen LogP contribution is -2.29. The molecule has 10 heteroatoms. The topological polar surface area (TPSA) is 111 Å². The van der Waals surface area contributed by atoms with Crippen molar-refractivity contribution in [1.29, 1.82) is 0 Å². The lowest BCUT2D eigenvalue weighted by atomic mass is 9.94. The van der Waals surface area contributed by atoms with Crippen LogP contribution in [0.1, 0.15) is 48.5 Å². The fourth-order valence-electron chi connectivity index (χ4n) is 4.69. The van der Waals surface area contributed by atoms with E-state index in [4.69, 9.17) is 14.2 Å². The van der Waals surface area contributed by atoms with E-state index in [9.17, 15) is 14.7 Å². The summed E-state index contributed by atoms with van der Waals surface area (Å²) >= 11 is 1.19. The molecule has 0 spiro atoms. The van der Waals surface area contributed by atoms with Gasteiger partial charge in [0.2, 0.25) is 5.13 Å². The zero-order valence-corrected chi connectivity index (χ0v) is 21.8. The number of carbonyl (C=O) groups excluding carboxylic acids is 2. The number of nitrogens with zero attached hydrogens (tertiary/aromatic N) is 3. The molecule has 2 aliphatic rings. The normalized spacial score (nSPS) is 20.2. The average molecular weight is 522 g/mol. The van der Waals surface area contributed by atoms with Gasteiger partial charge in [-0.15, -0.1) is 10.2 Å². The molecule has 0 bridgehead atoms. The Labute approximate surface area is 218 Å². The van der Waals surface area contributed by atoms with Gasteiger partial charge < -0.3 is 19.3 Å². The number of aryl methyl sites for hydroxylation is 1. The number of ketones is 1. The van der Waals surface area contributed by atoms with Gasteiger partial charge in [0.15, 0.2) is 11.5 Å². The van der Waals surface area contributed by atoms with Gasteiger partial charge in [0.1, 0.15) is 22.6 Å². The first-order valence-electron chi connectivity index (χ1n) is 12.1. The Morgan fingerprint density at radius 1 is 1.11 bits per heavy atom. The molecule has 2 unspecified atom stereocenters. The number of benzene rings is 2. The van der Waals surface area contributed by atoms with E-state index < -0.39 is 17.7 Å². The predicted molar refractivity (Wildman–Crippen MR) is 138 cm³/mol. The maximum atomic E-state index is 13.4. The second-order valence-electron chi connectivity index (χ2n) is 8.80. The summed E-state index contributed by atoms with van der Waals surface area (Å²) < 4.78 is 17.3. The van der Waals surface area contributed by atoms with Crippen LogP contribution >= 0.6 is 11.3 Å². The Kier molecular flexibility index (Phi) is 6.59. The zero-order valence-electron chi connectivity index (χ0n) is 21.0. The summed E-state index contributed by atoms with van der Waals surface area (Å²) in [6.07, 6.45) is 0.717. The van der Waals surface area contributed by atoms with Gasteiger partial charge in [-0.25, -0.2) is 0 Å². The minimum Gasteiger partial charge on any atom is -0.507 e. The number of fused-ring (bicyclic) bond motifs is 1. The number of amides is 1. The van der Waals surface area contributed by atoms with Crippen molar-refractivity contribution in [2.24, 2.45) is 0 Å². The van der Waals surface area contributed by atoms with Crippen LogP contribution in [0.5, 0.6) is 17.2 Å². The largest absolute Gasteiger partial charge is 0.507 e. The molecule has 1 aromatic heterocycles. The number of anilines is 1. The fourth-order valence-corrected chi connectivity index (χ4v) is 5.41. The van der Waals surface area contributed by atoms with Crippen molar-refractivity contribution in [1.82, 2.24) is 10.2 Å². The molecule has 2 aliphatic heterocycles. The van der Waals surface area contributed by atoms with Crippen LogP contribution in [0.3, 0.4) is 0 Å². The number of Topliss-reactive ketones (excluding diaryl/α,β-unsaturated/α-hetero) is 1. The van der Waals surface area contributed by atoms with Crippen molar-refractivity contribution in [3.05, 3.63) is 63.7 Å². The fraction of sp³-hybridized carbons (Fsp3) is 0.333. The van der Waals surface area contributed by atoms with Crippen molar-refractivity contribution >= 4 is 33.9 Å². The highest BCUT2D eigenvalue weighted by Crippen LogP contribution is 2.45. The van der Waals surface area contributed by atoms with Crippen molar-refractivity contribution in [2.75, 3.05) is 18.1 Å². The molecule has 192 valence electrons. The van der Waals surface area contributed by atoms with Crippen LogP contribution in [0, 0.1) is 6.92 Å². The van der Waals surface area contributed by atoms with Crippen molar-refractivity contribution in [3.8, 4) is 17.2 Å². The minimum absolute atomic E-state index is 0.0273. The van der Waals surface area contributed by atoms with Crippen LogP contribution in [0.4, 0.5) is 5.13 Å². The van der Waals surface area contributed by atoms with E-state index in [1.54, 1.807) is 43.3 Å². The SMILES string of the molecule is CCOc1ccc(C2/C(=C(/O)c3ccc4c(c3)CC(C)O4)C(=O)C(=O)N2c2nnc(C)s2)cc1OCC. The first kappa shape index (κ1) is 24.8. The first-order chi connectivity index (χ1) is 17.8. The molecule has 2 atom stereocenters. The first-order valence-corrected chi connectivity index (χ1v) is 12.9. The van der Waals surface area contributed by atoms with Crippen molar-refractivity contribution < 1.29 is 28.9 Å². The number of aliphatic hydroxyl groups excluding tert-OH is 1. The zero-order chi connectivity index (χ0) is 26.3. The van der Waals surface area contributed by atoms with Crippen molar-refractivity contribution in [3.63, 3.8) is 0 Å². The molecular formula is C27H27N3O6S. The number of carbonyl (C=O) groups is 2. The van der Waals surface area contributed by atoms with Crippen LogP contribution in [-0.2, 0) is 16.0 Å². The smallest absolute Gasteiger partial charge is 0.301 e. The Bertz CT molecular complexity index is 1410. The van der Waals surface area contributed by atoms with Crippen molar-refractivity contribution in [2.45, 2.75) is 46.3 Å². The number of hydrogen-bond donors (Lipinski definition) is 1. The summed E-state index contributed by atoms with van der Waals surface area (Å²) in [5.41, 5.74) is 1.90. The highest BCUT2D eigenvalue weighted by Gasteiger charge is 2.48. The molecule has 37 heavy (non-hydrogen) atoms. The van der Waals surface area contributed by atoms with Gasteiger partial charge in [0, 0.05) is 12.0 Å². The van der Waals surface area contributed by atoms with Gasteiger partial charge in [0.25, 0.3) is 5.78 Å². The summed E-state index contributed by atoms with van der Waals surface area (Å²) in [7, 11) is 0. The lowest BCUT2D eigenvalue weighted by Gasteiger charge is -2.23. The van der Waals surface area contributed by atoms with Gasteiger partial charge in [0.05, 0.1) is 24.8 Å². The van der Waals surface area contributed by atoms with Gasteiger partial charge in [-0.05, 0) is 69.2 Å². The Morgan fingerprint density at radius 3 is 2.57 bits per heavy atom. The highest BCUT2D eigenvalue weighted by atomic mass is 32.1. The molecule has 0 aliphatic carbocycles. The van der Waals surface area contributed by atoms with E-state index in [1.165, 1.54) is 16.2 Å². The molecule has 1 saturated heterocycles. The maximum absolute atomic E-state index is 13.4. The molecular weight excluding hydrogens is 494 g/mol. The maximum Gasteiger partial charge on any atom is 0.301 e. The van der Waals surface area contributed by atoms with E-state index in [1.807, 2.05) is 20.8 Å². The van der Waals surface area contributed by atoms with E-state index in [-0.39, 0.29) is 22.6 Å². The monoisotopic (exact) mass is 521 g/mol. The van der Waals surface area contributed by atoms with E-state index in [2.05, 4.69) is 10.2 Å². The molecule has 3 heterocycles. The van der Waals surface area contributed by atoms with Gasteiger partial charge in [-0.3, -0.25) is 14.5 Å². The summed E-state index contributed by atoms with van der Waals surface area (Å²) in [6, 6.07) is 9.56. The molecule has 1 amide bonds. The summed E-state index contributed by atoms with van der Waals surface area (Å²) in [5, 5.41) is 20.5.